The first-order chi connectivity index (χ1) is 8.93. The number of nitrogens with one attached hydrogen (secondary N) is 1. The van der Waals surface area contributed by atoms with Gasteiger partial charge in [0.05, 0.1) is 6.04 Å². The molecule has 1 unspecified atom stereocenters. The first-order valence-corrected chi connectivity index (χ1v) is 5.41. The van der Waals surface area contributed by atoms with Crippen LogP contribution in [0.25, 0.3) is 0 Å². The van der Waals surface area contributed by atoms with E-state index in [0.29, 0.717) is 4.57 Å². The number of aromatic hydroxyl groups is 1. The van der Waals surface area contributed by atoms with Crippen molar-refractivity contribution in [3.63, 3.8) is 0 Å². The Bertz CT molecular complexity index is 736. The summed E-state index contributed by atoms with van der Waals surface area (Å²) in [6, 6.07) is 4.60. The zero-order chi connectivity index (χ0) is 14.2. The fraction of sp³-hybridized carbons (Fsp3) is 0.167. The number of nitrogens with zero attached hydrogens (tertiary/aromatic N) is 1. The number of hydrogen-bond acceptors (Lipinski definition) is 3. The van der Waals surface area contributed by atoms with Gasteiger partial charge < -0.3 is 5.11 Å². The van der Waals surface area contributed by atoms with Gasteiger partial charge in [-0.1, -0.05) is 18.2 Å². The van der Waals surface area contributed by atoms with E-state index in [4.69, 9.17) is 0 Å². The number of halogens is 2. The second-order valence-electron chi connectivity index (χ2n) is 3.96. The summed E-state index contributed by atoms with van der Waals surface area (Å²) in [5, 5.41) is 9.53. The molecule has 1 atom stereocenters. The van der Waals surface area contributed by atoms with Crippen LogP contribution in [0.5, 0.6) is 5.88 Å². The fourth-order valence-corrected chi connectivity index (χ4v) is 1.83. The van der Waals surface area contributed by atoms with Crippen molar-refractivity contribution in [2.24, 2.45) is 0 Å². The van der Waals surface area contributed by atoms with Crippen molar-refractivity contribution < 1.29 is 13.9 Å². The molecule has 0 spiro atoms. The third-order valence-corrected chi connectivity index (χ3v) is 2.81. The number of hydrogen-bond donors (Lipinski definition) is 2. The molecule has 0 aliphatic heterocycles. The molecule has 0 saturated carbocycles. The molecule has 2 N–H and O–H groups in total. The largest absolute Gasteiger partial charge is 0.492 e. The predicted molar refractivity (Wildman–Crippen MR) is 63.2 cm³/mol. The molecule has 1 aromatic carbocycles. The van der Waals surface area contributed by atoms with Crippen LogP contribution in [0.1, 0.15) is 18.5 Å². The van der Waals surface area contributed by atoms with Crippen LogP contribution < -0.4 is 11.2 Å². The summed E-state index contributed by atoms with van der Waals surface area (Å²) >= 11 is 0. The van der Waals surface area contributed by atoms with Gasteiger partial charge in [0.1, 0.15) is 5.82 Å². The highest BCUT2D eigenvalue weighted by Crippen LogP contribution is 2.23. The van der Waals surface area contributed by atoms with Crippen LogP contribution in [-0.4, -0.2) is 14.7 Å². The molecule has 0 saturated heterocycles. The monoisotopic (exact) mass is 268 g/mol. The second-order valence-corrected chi connectivity index (χ2v) is 3.96. The predicted octanol–water partition coefficient (Wildman–Crippen LogP) is 1.13. The van der Waals surface area contributed by atoms with E-state index >= 15 is 0 Å². The van der Waals surface area contributed by atoms with E-state index in [-0.39, 0.29) is 5.56 Å². The van der Waals surface area contributed by atoms with Crippen LogP contribution in [0.4, 0.5) is 8.78 Å². The molecule has 0 amide bonds. The van der Waals surface area contributed by atoms with Gasteiger partial charge in [-0.25, -0.2) is 9.18 Å². The fourth-order valence-electron chi connectivity index (χ4n) is 1.83. The number of rotatable bonds is 2. The van der Waals surface area contributed by atoms with Gasteiger partial charge in [-0.15, -0.1) is 0 Å². The van der Waals surface area contributed by atoms with Crippen molar-refractivity contribution in [1.82, 2.24) is 9.55 Å². The summed E-state index contributed by atoms with van der Waals surface area (Å²) in [6.07, 6.45) is 0. The minimum absolute atomic E-state index is 0.0892. The van der Waals surface area contributed by atoms with Gasteiger partial charge >= 0.3 is 5.69 Å². The van der Waals surface area contributed by atoms with Crippen molar-refractivity contribution in [1.29, 1.82) is 0 Å². The van der Waals surface area contributed by atoms with Crippen molar-refractivity contribution in [3.05, 3.63) is 62.3 Å². The first kappa shape index (κ1) is 13.0. The Morgan fingerprint density at radius 1 is 1.26 bits per heavy atom. The Kier molecular flexibility index (Phi) is 3.20. The molecule has 0 radical (unpaired) electrons. The van der Waals surface area contributed by atoms with Crippen molar-refractivity contribution in [2.75, 3.05) is 0 Å². The van der Waals surface area contributed by atoms with Crippen LogP contribution in [0, 0.1) is 11.6 Å². The molecule has 1 heterocycles. The number of aromatic nitrogens is 2. The van der Waals surface area contributed by atoms with Crippen LogP contribution in [-0.2, 0) is 0 Å². The summed E-state index contributed by atoms with van der Waals surface area (Å²) in [5.41, 5.74) is -2.24. The number of H-pyrrole nitrogens is 1. The molecule has 2 aromatic rings. The molecule has 19 heavy (non-hydrogen) atoms. The Labute approximate surface area is 105 Å². The van der Waals surface area contributed by atoms with Crippen LogP contribution in [0.3, 0.4) is 0 Å². The van der Waals surface area contributed by atoms with Crippen molar-refractivity contribution in [3.8, 4) is 5.88 Å². The highest BCUT2D eigenvalue weighted by molar-refractivity contribution is 5.24. The Morgan fingerprint density at radius 3 is 2.53 bits per heavy atom. The second kappa shape index (κ2) is 4.68. The average Bonchev–Trinajstić information content (AvgIpc) is 2.36. The summed E-state index contributed by atoms with van der Waals surface area (Å²) in [4.78, 5) is 24.3. The zero-order valence-electron chi connectivity index (χ0n) is 9.85. The van der Waals surface area contributed by atoms with E-state index in [2.05, 4.69) is 0 Å². The first-order valence-electron chi connectivity index (χ1n) is 5.41. The topological polar surface area (TPSA) is 75.1 Å². The van der Waals surface area contributed by atoms with E-state index in [1.54, 1.807) is 11.1 Å². The van der Waals surface area contributed by atoms with E-state index in [1.165, 1.54) is 25.1 Å². The normalized spacial score (nSPS) is 12.4. The lowest BCUT2D eigenvalue weighted by molar-refractivity contribution is 0.349. The number of benzene rings is 1. The molecule has 0 bridgehead atoms. The van der Waals surface area contributed by atoms with Gasteiger partial charge in [0.15, 0.2) is 0 Å². The molecule has 5 nitrogen and oxygen atoms in total. The van der Waals surface area contributed by atoms with Crippen LogP contribution >= 0.6 is 0 Å². The van der Waals surface area contributed by atoms with Gasteiger partial charge in [0, 0.05) is 5.56 Å². The maximum Gasteiger partial charge on any atom is 0.331 e. The van der Waals surface area contributed by atoms with E-state index in [0.717, 1.165) is 0 Å². The summed E-state index contributed by atoms with van der Waals surface area (Å²) in [6.45, 7) is 1.40. The minimum Gasteiger partial charge on any atom is -0.492 e. The lowest BCUT2D eigenvalue weighted by atomic mass is 10.1. The van der Waals surface area contributed by atoms with E-state index in [1.807, 2.05) is 0 Å². The van der Waals surface area contributed by atoms with E-state index in [9.17, 15) is 23.5 Å². The maximum absolute atomic E-state index is 13.6. The SMILES string of the molecule is CC(c1ccccc1F)n1c(O)c(F)c(=O)[nH]c1=O. The van der Waals surface area contributed by atoms with Gasteiger partial charge in [-0.3, -0.25) is 14.3 Å². The molecular formula is C12H10F2N2O3. The van der Waals surface area contributed by atoms with Crippen LogP contribution in [0.15, 0.2) is 33.9 Å². The molecular weight excluding hydrogens is 258 g/mol. The maximum atomic E-state index is 13.6. The summed E-state index contributed by atoms with van der Waals surface area (Å²) in [5.74, 6) is -3.21. The molecule has 7 heteroatoms. The summed E-state index contributed by atoms with van der Waals surface area (Å²) in [7, 11) is 0. The molecule has 100 valence electrons. The van der Waals surface area contributed by atoms with Crippen molar-refractivity contribution >= 4 is 0 Å². The summed E-state index contributed by atoms with van der Waals surface area (Å²) < 4.78 is 27.5. The third kappa shape index (κ3) is 2.14. The Morgan fingerprint density at radius 2 is 1.89 bits per heavy atom. The Balaban J connectivity index is 2.67. The highest BCUT2D eigenvalue weighted by Gasteiger charge is 2.21. The zero-order valence-corrected chi connectivity index (χ0v) is 9.85. The standard InChI is InChI=1S/C12H10F2N2O3/c1-6(7-4-2-3-5-8(7)13)16-11(18)9(14)10(17)15-12(16)19/h2-6,18H,1H3,(H,15,17,19). The van der Waals surface area contributed by atoms with Gasteiger partial charge in [0.2, 0.25) is 11.7 Å². The molecule has 0 fully saturated rings. The van der Waals surface area contributed by atoms with Gasteiger partial charge in [-0.05, 0) is 13.0 Å². The highest BCUT2D eigenvalue weighted by atomic mass is 19.1. The molecule has 0 aliphatic rings. The third-order valence-electron chi connectivity index (χ3n) is 2.81. The lowest BCUT2D eigenvalue weighted by Crippen LogP contribution is -2.34. The minimum atomic E-state index is -1.48. The van der Waals surface area contributed by atoms with Gasteiger partial charge in [-0.2, -0.15) is 4.39 Å². The van der Waals surface area contributed by atoms with Crippen LogP contribution in [0.2, 0.25) is 0 Å². The smallest absolute Gasteiger partial charge is 0.331 e. The quantitative estimate of drug-likeness (QED) is 0.857. The average molecular weight is 268 g/mol. The molecule has 2 rings (SSSR count). The Hall–Kier alpha value is -2.44. The van der Waals surface area contributed by atoms with E-state index < -0.39 is 34.8 Å². The lowest BCUT2D eigenvalue weighted by Gasteiger charge is -2.17. The van der Waals surface area contributed by atoms with Crippen molar-refractivity contribution in [2.45, 2.75) is 13.0 Å². The van der Waals surface area contributed by atoms with Gasteiger partial charge in [0.25, 0.3) is 5.56 Å². The molecule has 0 aliphatic carbocycles. The molecule has 1 aromatic heterocycles. The number of aromatic amines is 1.